The van der Waals surface area contributed by atoms with Crippen LogP contribution in [0.2, 0.25) is 5.02 Å². The highest BCUT2D eigenvalue weighted by atomic mass is 35.5. The van der Waals surface area contributed by atoms with Crippen LogP contribution in [0.5, 0.6) is 0 Å². The van der Waals surface area contributed by atoms with Gasteiger partial charge in [-0.2, -0.15) is 0 Å². The minimum Gasteiger partial charge on any atom is -0.379 e. The van der Waals surface area contributed by atoms with E-state index in [9.17, 15) is 0 Å². The van der Waals surface area contributed by atoms with E-state index >= 15 is 0 Å². The number of nitrogens with zero attached hydrogens (tertiary/aromatic N) is 1. The summed E-state index contributed by atoms with van der Waals surface area (Å²) in [6.07, 6.45) is -0.0606. The highest BCUT2D eigenvalue weighted by Gasteiger charge is 2.16. The van der Waals surface area contributed by atoms with Crippen molar-refractivity contribution in [2.24, 2.45) is 0 Å². The fourth-order valence-electron chi connectivity index (χ4n) is 2.77. The van der Waals surface area contributed by atoms with Crippen molar-refractivity contribution in [2.45, 2.75) is 6.10 Å². The van der Waals surface area contributed by atoms with Gasteiger partial charge >= 0.3 is 0 Å². The van der Waals surface area contributed by atoms with Crippen LogP contribution in [0.4, 0.5) is 0 Å². The normalized spacial score (nSPS) is 16.4. The van der Waals surface area contributed by atoms with Gasteiger partial charge in [0.05, 0.1) is 19.8 Å². The van der Waals surface area contributed by atoms with Crippen LogP contribution in [-0.4, -0.2) is 44.4 Å². The zero-order valence-electron chi connectivity index (χ0n) is 13.6. The molecule has 130 valence electrons. The van der Waals surface area contributed by atoms with Crippen LogP contribution in [0.3, 0.4) is 0 Å². The second-order valence-corrected chi connectivity index (χ2v) is 6.10. The minimum absolute atomic E-state index is 0. The highest BCUT2D eigenvalue weighted by Crippen LogP contribution is 2.27. The van der Waals surface area contributed by atoms with Gasteiger partial charge < -0.3 is 9.47 Å². The van der Waals surface area contributed by atoms with Crippen LogP contribution < -0.4 is 0 Å². The summed E-state index contributed by atoms with van der Waals surface area (Å²) in [6.45, 7) is 5.24. The summed E-state index contributed by atoms with van der Waals surface area (Å²) in [7, 11) is 0. The molecular formula is C19H23Cl2NO2. The third-order valence-electron chi connectivity index (χ3n) is 4.07. The molecule has 1 fully saturated rings. The second-order valence-electron chi connectivity index (χ2n) is 5.67. The van der Waals surface area contributed by atoms with Gasteiger partial charge in [-0.25, -0.2) is 0 Å². The highest BCUT2D eigenvalue weighted by molar-refractivity contribution is 6.30. The van der Waals surface area contributed by atoms with Gasteiger partial charge in [0.2, 0.25) is 0 Å². The Morgan fingerprint density at radius 1 is 0.958 bits per heavy atom. The Kier molecular flexibility index (Phi) is 8.03. The Balaban J connectivity index is 0.00000208. The molecular weight excluding hydrogens is 345 g/mol. The van der Waals surface area contributed by atoms with Crippen molar-refractivity contribution in [3.05, 3.63) is 70.7 Å². The maximum absolute atomic E-state index is 6.23. The lowest BCUT2D eigenvalue weighted by Crippen LogP contribution is -2.38. The molecule has 1 aliphatic heterocycles. The predicted molar refractivity (Wildman–Crippen MR) is 100 cm³/mol. The lowest BCUT2D eigenvalue weighted by atomic mass is 10.0. The Morgan fingerprint density at radius 3 is 2.25 bits per heavy atom. The molecule has 3 nitrogen and oxygen atoms in total. The number of hydrogen-bond donors (Lipinski definition) is 0. The van der Waals surface area contributed by atoms with E-state index in [1.807, 2.05) is 42.5 Å². The van der Waals surface area contributed by atoms with E-state index in [-0.39, 0.29) is 18.5 Å². The van der Waals surface area contributed by atoms with Gasteiger partial charge in [0.25, 0.3) is 0 Å². The fraction of sp³-hybridized carbons (Fsp3) is 0.368. The standard InChI is InChI=1S/C19H22ClNO2.ClH/c20-18-8-6-17(7-9-18)19(16-4-2-1-3-5-16)23-15-12-21-10-13-22-14-11-21;/h1-9,19H,10-15H2;1H/t19-;/m1./s1. The maximum atomic E-state index is 6.23. The first-order valence-corrected chi connectivity index (χ1v) is 8.43. The van der Waals surface area contributed by atoms with Crippen LogP contribution >= 0.6 is 24.0 Å². The van der Waals surface area contributed by atoms with Crippen molar-refractivity contribution >= 4 is 24.0 Å². The molecule has 1 saturated heterocycles. The number of halogens is 2. The third-order valence-corrected chi connectivity index (χ3v) is 4.32. The van der Waals surface area contributed by atoms with Crippen LogP contribution in [0.1, 0.15) is 17.2 Å². The van der Waals surface area contributed by atoms with Gasteiger partial charge in [0, 0.05) is 24.7 Å². The number of hydrogen-bond acceptors (Lipinski definition) is 3. The van der Waals surface area contributed by atoms with Crippen molar-refractivity contribution in [1.29, 1.82) is 0 Å². The van der Waals surface area contributed by atoms with E-state index in [1.54, 1.807) is 0 Å². The van der Waals surface area contributed by atoms with Crippen molar-refractivity contribution in [3.63, 3.8) is 0 Å². The first kappa shape index (κ1) is 19.2. The summed E-state index contributed by atoms with van der Waals surface area (Å²) in [4.78, 5) is 2.38. The molecule has 2 aromatic rings. The monoisotopic (exact) mass is 367 g/mol. The molecule has 0 radical (unpaired) electrons. The molecule has 0 spiro atoms. The maximum Gasteiger partial charge on any atom is 0.108 e. The van der Waals surface area contributed by atoms with Gasteiger partial charge in [0.15, 0.2) is 0 Å². The third kappa shape index (κ3) is 5.47. The van der Waals surface area contributed by atoms with Gasteiger partial charge in [-0.3, -0.25) is 4.90 Å². The fourth-order valence-corrected chi connectivity index (χ4v) is 2.90. The zero-order valence-corrected chi connectivity index (χ0v) is 15.1. The van der Waals surface area contributed by atoms with Crippen LogP contribution in [0.15, 0.2) is 54.6 Å². The van der Waals surface area contributed by atoms with Crippen LogP contribution in [-0.2, 0) is 9.47 Å². The minimum atomic E-state index is -0.0606. The first-order valence-electron chi connectivity index (χ1n) is 8.05. The summed E-state index contributed by atoms with van der Waals surface area (Å²) < 4.78 is 11.6. The average molecular weight is 368 g/mol. The molecule has 1 heterocycles. The Hall–Kier alpha value is -1.10. The molecule has 5 heteroatoms. The summed E-state index contributed by atoms with van der Waals surface area (Å²) >= 11 is 6.01. The molecule has 0 bridgehead atoms. The lowest BCUT2D eigenvalue weighted by Gasteiger charge is -2.27. The Labute approximate surface area is 154 Å². The summed E-state index contributed by atoms with van der Waals surface area (Å²) in [5.74, 6) is 0. The Morgan fingerprint density at radius 2 is 1.58 bits per heavy atom. The van der Waals surface area contributed by atoms with Crippen molar-refractivity contribution < 1.29 is 9.47 Å². The Bertz CT molecular complexity index is 586. The van der Waals surface area contributed by atoms with Gasteiger partial charge in [-0.1, -0.05) is 54.1 Å². The van der Waals surface area contributed by atoms with E-state index in [4.69, 9.17) is 21.1 Å². The smallest absolute Gasteiger partial charge is 0.108 e. The van der Waals surface area contributed by atoms with Crippen LogP contribution in [0.25, 0.3) is 0 Å². The topological polar surface area (TPSA) is 21.7 Å². The van der Waals surface area contributed by atoms with Crippen molar-refractivity contribution in [3.8, 4) is 0 Å². The number of rotatable bonds is 6. The van der Waals surface area contributed by atoms with Gasteiger partial charge in [-0.05, 0) is 23.3 Å². The quantitative estimate of drug-likeness (QED) is 0.763. The first-order chi connectivity index (χ1) is 11.3. The molecule has 2 aromatic carbocycles. The van der Waals surface area contributed by atoms with E-state index in [0.717, 1.165) is 49.0 Å². The molecule has 0 unspecified atom stereocenters. The van der Waals surface area contributed by atoms with Crippen LogP contribution in [0, 0.1) is 0 Å². The molecule has 1 aliphatic rings. The molecule has 0 aliphatic carbocycles. The predicted octanol–water partition coefficient (Wildman–Crippen LogP) is 4.20. The number of ether oxygens (including phenoxy) is 2. The van der Waals surface area contributed by atoms with Gasteiger partial charge in [0.1, 0.15) is 6.10 Å². The molecule has 24 heavy (non-hydrogen) atoms. The largest absolute Gasteiger partial charge is 0.379 e. The SMILES string of the molecule is Cl.Clc1ccc([C@H](OCCN2CCOCC2)c2ccccc2)cc1. The zero-order chi connectivity index (χ0) is 15.9. The van der Waals surface area contributed by atoms with Crippen molar-refractivity contribution in [2.75, 3.05) is 39.5 Å². The average Bonchev–Trinajstić information content (AvgIpc) is 2.61. The lowest BCUT2D eigenvalue weighted by molar-refractivity contribution is 0.00968. The molecule has 0 N–H and O–H groups in total. The summed E-state index contributed by atoms with van der Waals surface area (Å²) in [5.41, 5.74) is 2.29. The molecule has 3 rings (SSSR count). The molecule has 0 amide bonds. The molecule has 0 aromatic heterocycles. The number of benzene rings is 2. The van der Waals surface area contributed by atoms with Gasteiger partial charge in [-0.15, -0.1) is 12.4 Å². The molecule has 0 saturated carbocycles. The number of morpholine rings is 1. The molecule has 1 atom stereocenters. The summed E-state index contributed by atoms with van der Waals surface area (Å²) in [6, 6.07) is 18.2. The van der Waals surface area contributed by atoms with E-state index in [1.165, 1.54) is 0 Å². The van der Waals surface area contributed by atoms with E-state index in [0.29, 0.717) is 6.61 Å². The van der Waals surface area contributed by atoms with E-state index < -0.39 is 0 Å². The van der Waals surface area contributed by atoms with Crippen molar-refractivity contribution in [1.82, 2.24) is 4.90 Å². The van der Waals surface area contributed by atoms with E-state index in [2.05, 4.69) is 17.0 Å². The second kappa shape index (κ2) is 10.0. The summed E-state index contributed by atoms with van der Waals surface area (Å²) in [5, 5.41) is 0.744.